The summed E-state index contributed by atoms with van der Waals surface area (Å²) >= 11 is 0. The molecule has 4 rings (SSSR count). The van der Waals surface area contributed by atoms with Crippen molar-refractivity contribution in [3.05, 3.63) is 36.0 Å². The van der Waals surface area contributed by atoms with Crippen molar-refractivity contribution in [3.63, 3.8) is 0 Å². The third kappa shape index (κ3) is 21.7. The van der Waals surface area contributed by atoms with Crippen molar-refractivity contribution < 1.29 is 78.0 Å². The van der Waals surface area contributed by atoms with Crippen molar-refractivity contribution in [1.29, 1.82) is 0 Å². The molecule has 2 aliphatic rings. The molecule has 29 nitrogen and oxygen atoms in total. The third-order valence-corrected chi connectivity index (χ3v) is 14.5. The highest BCUT2D eigenvalue weighted by molar-refractivity contribution is 5.99. The van der Waals surface area contributed by atoms with Crippen molar-refractivity contribution >= 4 is 81.9 Å². The molecule has 0 radical (unpaired) electrons. The van der Waals surface area contributed by atoms with E-state index >= 15 is 0 Å². The Hall–Kier alpha value is -7.76. The van der Waals surface area contributed by atoms with Gasteiger partial charge in [-0.05, 0) is 100 Å². The number of carbonyl (C=O) groups excluding carboxylic acids is 10. The molecule has 0 spiro atoms. The van der Waals surface area contributed by atoms with Crippen LogP contribution in [-0.2, 0) is 64.0 Å². The number of rotatable bonds is 35. The summed E-state index contributed by atoms with van der Waals surface area (Å²) < 4.78 is 0. The molecule has 85 heavy (non-hydrogen) atoms. The Bertz CT molecular complexity index is 2660. The van der Waals surface area contributed by atoms with Gasteiger partial charge in [-0.2, -0.15) is 0 Å². The molecular weight excluding hydrogens is 1110 g/mol. The van der Waals surface area contributed by atoms with E-state index in [2.05, 4.69) is 58.2 Å². The number of aliphatic hydroxyl groups is 2. The van der Waals surface area contributed by atoms with Crippen molar-refractivity contribution in [2.24, 2.45) is 23.5 Å². The first-order valence-electron chi connectivity index (χ1n) is 28.9. The second kappa shape index (κ2) is 34.3. The number of hydrogen-bond donors (Lipinski definition) is 16. The molecule has 1 aromatic heterocycles. The van der Waals surface area contributed by atoms with Gasteiger partial charge in [0, 0.05) is 30.1 Å². The lowest BCUT2D eigenvalue weighted by atomic mass is 10.0. The maximum absolute atomic E-state index is 14.4. The smallest absolute Gasteiger partial charge is 0.326 e. The number of aliphatic carboxylic acids is 2. The largest absolute Gasteiger partial charge is 0.481 e. The summed E-state index contributed by atoms with van der Waals surface area (Å²) in [5.74, 6) is -12.3. The van der Waals surface area contributed by atoms with Gasteiger partial charge in [-0.15, -0.1) is 0 Å². The summed E-state index contributed by atoms with van der Waals surface area (Å²) in [5.41, 5.74) is 6.97. The van der Waals surface area contributed by atoms with Crippen LogP contribution in [0.5, 0.6) is 0 Å². The number of fused-ring (bicyclic) bond motifs is 1. The van der Waals surface area contributed by atoms with E-state index in [1.807, 2.05) is 0 Å². The molecule has 2 aromatic rings. The Morgan fingerprint density at radius 3 is 1.79 bits per heavy atom. The number of aromatic nitrogens is 1. The quantitative estimate of drug-likeness (QED) is 0.0303. The SMILES string of the molecule is CC(C)C[C@H](NC(=O)[C@@H]1CCCN1C(=O)CNC(=O)[C@H](CO)NC(=O)[C@H](Cc1c[nH]c2ccccc12)NC(=O)[C@H](CCCCN)NC(=O)[C@H](CO)NC(=O)[C@H](CC(C)C)NC(=O)[C@H](CC(=O)O)NC(=O)[C@@H](NC(=O)[C@@H]1CCCN1)C(C)C)C(=O)O. The van der Waals surface area contributed by atoms with Crippen molar-refractivity contribution in [1.82, 2.24) is 63.1 Å². The van der Waals surface area contributed by atoms with Crippen LogP contribution in [0.15, 0.2) is 30.5 Å². The topological polar surface area (TPSA) is 451 Å². The molecule has 2 fully saturated rings. The van der Waals surface area contributed by atoms with Gasteiger partial charge in [0.2, 0.25) is 59.1 Å². The number of carboxylic acid groups (broad SMARTS) is 2. The highest BCUT2D eigenvalue weighted by atomic mass is 16.4. The van der Waals surface area contributed by atoms with Gasteiger partial charge in [0.1, 0.15) is 54.4 Å². The standard InChI is InChI=1S/C56H87N13O16/c1-29(2)21-37(62-52(80)39(24-45(73)74)64-55(83)46(31(5)6)68-48(76)35-16-11-19-58-35)50(78)67-42(28-71)53(81)61-36(15-9-10-18-57)49(77)63-38(23-32-25-59-34-14-8-7-13-33(32)34)51(79)66-41(27-70)47(75)60-26-44(72)69-20-12-17-43(69)54(82)65-40(56(84)85)22-30(3)4/h7-8,13-14,25,29-31,35-43,46,58-59,70-71H,9-12,15-24,26-28,57H2,1-6H3,(H,60,75)(H,61,81)(H,62,80)(H,63,77)(H,64,83)(H,65,82)(H,66,79)(H,67,78)(H,68,76)(H,73,74)(H,84,85)/t35-,36-,37-,38-,39-,40-,41-,42-,43-,46-/m0/s1. The second-order valence-corrected chi connectivity index (χ2v) is 22.7. The number of para-hydroxylation sites is 1. The van der Waals surface area contributed by atoms with Gasteiger partial charge in [-0.1, -0.05) is 59.7 Å². The van der Waals surface area contributed by atoms with Crippen LogP contribution in [0.4, 0.5) is 0 Å². The fourth-order valence-corrected chi connectivity index (χ4v) is 9.97. The van der Waals surface area contributed by atoms with E-state index in [9.17, 15) is 78.0 Å². The van der Waals surface area contributed by atoms with Gasteiger partial charge in [0.25, 0.3) is 0 Å². The molecule has 0 bridgehead atoms. The molecule has 10 amide bonds. The van der Waals surface area contributed by atoms with Crippen molar-refractivity contribution in [2.75, 3.05) is 39.4 Å². The molecule has 1 aromatic carbocycles. The van der Waals surface area contributed by atoms with E-state index in [0.717, 1.165) is 6.42 Å². The number of carboxylic acids is 2. The minimum Gasteiger partial charge on any atom is -0.481 e. The summed E-state index contributed by atoms with van der Waals surface area (Å²) in [5, 5.41) is 66.3. The Morgan fingerprint density at radius 1 is 0.624 bits per heavy atom. The zero-order valence-corrected chi connectivity index (χ0v) is 49.1. The second-order valence-electron chi connectivity index (χ2n) is 22.7. The van der Waals surface area contributed by atoms with Crippen LogP contribution in [0.3, 0.4) is 0 Å². The lowest BCUT2D eigenvalue weighted by molar-refractivity contribution is -0.144. The number of carbonyl (C=O) groups is 12. The minimum absolute atomic E-state index is 0.0578. The average Bonchev–Trinajstić information content (AvgIpc) is 4.49. The fourth-order valence-electron chi connectivity index (χ4n) is 9.97. The predicted octanol–water partition coefficient (Wildman–Crippen LogP) is -3.13. The summed E-state index contributed by atoms with van der Waals surface area (Å²) in [6.07, 6.45) is 3.01. The number of likely N-dealkylation sites (tertiary alicyclic amines) is 1. The number of benzene rings is 1. The van der Waals surface area contributed by atoms with Gasteiger partial charge in [0.05, 0.1) is 32.2 Å². The number of nitrogens with one attached hydrogen (secondary N) is 11. The summed E-state index contributed by atoms with van der Waals surface area (Å²) in [6.45, 7) is 8.55. The van der Waals surface area contributed by atoms with Crippen LogP contribution in [0.1, 0.15) is 111 Å². The van der Waals surface area contributed by atoms with Crippen LogP contribution in [0.25, 0.3) is 10.9 Å². The van der Waals surface area contributed by atoms with Crippen molar-refractivity contribution in [3.8, 4) is 0 Å². The van der Waals surface area contributed by atoms with E-state index in [-0.39, 0.29) is 63.5 Å². The van der Waals surface area contributed by atoms with Gasteiger partial charge in [-0.3, -0.25) is 52.7 Å². The number of unbranched alkanes of at least 4 members (excludes halogenated alkanes) is 1. The van der Waals surface area contributed by atoms with E-state index < -0.39 is 164 Å². The summed E-state index contributed by atoms with van der Waals surface area (Å²) in [6, 6.07) is -6.52. The summed E-state index contributed by atoms with van der Waals surface area (Å²) in [7, 11) is 0. The van der Waals surface area contributed by atoms with Gasteiger partial charge < -0.3 is 89.2 Å². The first-order chi connectivity index (χ1) is 40.3. The molecular formula is C56H87N13O16. The van der Waals surface area contributed by atoms with Gasteiger partial charge >= 0.3 is 11.9 Å². The Labute approximate surface area is 493 Å². The molecule has 2 aliphatic heterocycles. The predicted molar refractivity (Wildman–Crippen MR) is 307 cm³/mol. The van der Waals surface area contributed by atoms with Gasteiger partial charge in [0.15, 0.2) is 0 Å². The van der Waals surface area contributed by atoms with Crippen LogP contribution >= 0.6 is 0 Å². The van der Waals surface area contributed by atoms with Gasteiger partial charge in [-0.25, -0.2) is 4.79 Å². The highest BCUT2D eigenvalue weighted by Gasteiger charge is 2.39. The molecule has 0 unspecified atom stereocenters. The van der Waals surface area contributed by atoms with Crippen LogP contribution in [0, 0.1) is 17.8 Å². The number of nitrogens with two attached hydrogens (primary N) is 1. The average molecular weight is 1200 g/mol. The summed E-state index contributed by atoms with van der Waals surface area (Å²) in [4.78, 5) is 165. The molecule has 17 N–H and O–H groups in total. The maximum Gasteiger partial charge on any atom is 0.326 e. The first-order valence-corrected chi connectivity index (χ1v) is 28.9. The van der Waals surface area contributed by atoms with Crippen LogP contribution in [0.2, 0.25) is 0 Å². The molecule has 10 atom stereocenters. The zero-order valence-electron chi connectivity index (χ0n) is 49.1. The van der Waals surface area contributed by atoms with E-state index in [1.165, 1.54) is 4.90 Å². The number of H-pyrrole nitrogens is 1. The van der Waals surface area contributed by atoms with E-state index in [1.54, 1.807) is 72.0 Å². The number of hydrogen-bond acceptors (Lipinski definition) is 16. The Morgan fingerprint density at radius 2 is 1.19 bits per heavy atom. The molecule has 3 heterocycles. The number of nitrogens with zero attached hydrogens (tertiary/aromatic N) is 1. The highest BCUT2D eigenvalue weighted by Crippen LogP contribution is 2.21. The normalized spacial score (nSPS) is 17.8. The number of aromatic amines is 1. The Balaban J connectivity index is 1.50. The third-order valence-electron chi connectivity index (χ3n) is 14.5. The lowest BCUT2D eigenvalue weighted by Crippen LogP contribution is -2.61. The maximum atomic E-state index is 14.4. The molecule has 2 saturated heterocycles. The molecule has 0 saturated carbocycles. The fraction of sp³-hybridized carbons (Fsp3) is 0.643. The monoisotopic (exact) mass is 1200 g/mol. The molecule has 29 heteroatoms. The molecule has 472 valence electrons. The lowest BCUT2D eigenvalue weighted by Gasteiger charge is -2.28. The number of aliphatic hydroxyl groups excluding tert-OH is 2. The molecule has 0 aliphatic carbocycles. The first kappa shape index (κ1) is 69.7. The van der Waals surface area contributed by atoms with Crippen LogP contribution < -0.4 is 58.9 Å². The zero-order chi connectivity index (χ0) is 63.1. The van der Waals surface area contributed by atoms with Crippen LogP contribution in [-0.4, -0.2) is 201 Å². The minimum atomic E-state index is -1.77. The number of amides is 10. The Kier molecular flexibility index (Phi) is 28.1. The van der Waals surface area contributed by atoms with E-state index in [4.69, 9.17) is 5.73 Å². The van der Waals surface area contributed by atoms with Crippen molar-refractivity contribution in [2.45, 2.75) is 173 Å². The van der Waals surface area contributed by atoms with E-state index in [0.29, 0.717) is 42.3 Å².